The quantitative estimate of drug-likeness (QED) is 0.617. The highest BCUT2D eigenvalue weighted by Crippen LogP contribution is 2.11. The first-order chi connectivity index (χ1) is 9.43. The minimum Gasteiger partial charge on any atom is -0.220 e. The van der Waals surface area contributed by atoms with Crippen LogP contribution in [0.1, 0.15) is 11.1 Å². The maximum absolute atomic E-state index is 4.00. The normalized spacial score (nSPS) is 9.68. The molecule has 1 aromatic heterocycles. The van der Waals surface area contributed by atoms with Crippen molar-refractivity contribution in [3.8, 4) is 17.5 Å². The van der Waals surface area contributed by atoms with Gasteiger partial charge in [0, 0.05) is 5.56 Å². The number of nitrogens with zero attached hydrogens (tertiary/aromatic N) is 3. The van der Waals surface area contributed by atoms with Crippen LogP contribution in [0.15, 0.2) is 67.0 Å². The van der Waals surface area contributed by atoms with Crippen LogP contribution in [0.2, 0.25) is 0 Å². The van der Waals surface area contributed by atoms with Gasteiger partial charge >= 0.3 is 0 Å². The van der Waals surface area contributed by atoms with Gasteiger partial charge in [0.1, 0.15) is 0 Å². The third kappa shape index (κ3) is 2.53. The number of para-hydroxylation sites is 1. The molecule has 0 N–H and O–H groups in total. The van der Waals surface area contributed by atoms with Gasteiger partial charge in [-0.1, -0.05) is 47.4 Å². The number of benzene rings is 2. The molecule has 0 atom stereocenters. The molecule has 3 nitrogen and oxygen atoms in total. The number of aromatic nitrogens is 3. The summed E-state index contributed by atoms with van der Waals surface area (Å²) in [7, 11) is 0. The number of hydrogen-bond acceptors (Lipinski definition) is 2. The first-order valence-electron chi connectivity index (χ1n) is 5.96. The lowest BCUT2D eigenvalue weighted by Crippen LogP contribution is -1.98. The van der Waals surface area contributed by atoms with E-state index in [9.17, 15) is 0 Å². The molecule has 0 bridgehead atoms. The van der Waals surface area contributed by atoms with Crippen molar-refractivity contribution >= 4 is 0 Å². The van der Waals surface area contributed by atoms with Crippen LogP contribution in [-0.4, -0.2) is 15.0 Å². The van der Waals surface area contributed by atoms with Gasteiger partial charge in [0.05, 0.1) is 23.6 Å². The van der Waals surface area contributed by atoms with Gasteiger partial charge in [-0.2, -0.15) is 0 Å². The Morgan fingerprint density at radius 2 is 1.63 bits per heavy atom. The van der Waals surface area contributed by atoms with Crippen LogP contribution in [0.3, 0.4) is 0 Å². The first kappa shape index (κ1) is 11.2. The van der Waals surface area contributed by atoms with E-state index in [1.807, 2.05) is 60.8 Å². The Bertz CT molecular complexity index is 719. The Hall–Kier alpha value is -2.86. The van der Waals surface area contributed by atoms with Crippen LogP contribution >= 0.6 is 0 Å². The molecule has 19 heavy (non-hydrogen) atoms. The van der Waals surface area contributed by atoms with E-state index in [0.29, 0.717) is 0 Å². The highest BCUT2D eigenvalue weighted by atomic mass is 15.4. The van der Waals surface area contributed by atoms with Crippen molar-refractivity contribution in [3.05, 3.63) is 78.1 Å². The second kappa shape index (κ2) is 5.19. The molecule has 0 aliphatic carbocycles. The molecule has 0 saturated heterocycles. The molecule has 1 heterocycles. The average molecular weight is 245 g/mol. The zero-order valence-corrected chi connectivity index (χ0v) is 10.2. The lowest BCUT2D eigenvalue weighted by atomic mass is 10.1. The highest BCUT2D eigenvalue weighted by Gasteiger charge is 2.01. The minimum atomic E-state index is 0.928. The van der Waals surface area contributed by atoms with Crippen molar-refractivity contribution in [3.63, 3.8) is 0 Å². The second-order valence-electron chi connectivity index (χ2n) is 3.98. The summed E-state index contributed by atoms with van der Waals surface area (Å²) in [5.74, 6) is 6.33. The smallest absolute Gasteiger partial charge is 0.0820 e. The van der Waals surface area contributed by atoms with Crippen LogP contribution in [0.4, 0.5) is 0 Å². The summed E-state index contributed by atoms with van der Waals surface area (Å²) in [5.41, 5.74) is 2.86. The van der Waals surface area contributed by atoms with Gasteiger partial charge in [-0.15, -0.1) is 5.10 Å². The Labute approximate surface area is 111 Å². The predicted molar refractivity (Wildman–Crippen MR) is 73.8 cm³/mol. The summed E-state index contributed by atoms with van der Waals surface area (Å²) in [5, 5.41) is 7.82. The van der Waals surface area contributed by atoms with E-state index in [1.165, 1.54) is 0 Å². The number of rotatable bonds is 1. The molecule has 90 valence electrons. The molecule has 0 aliphatic heterocycles. The molecule has 2 aromatic carbocycles. The van der Waals surface area contributed by atoms with E-state index in [2.05, 4.69) is 22.2 Å². The van der Waals surface area contributed by atoms with E-state index >= 15 is 0 Å². The summed E-state index contributed by atoms with van der Waals surface area (Å²) < 4.78 is 1.72. The third-order valence-electron chi connectivity index (χ3n) is 2.69. The van der Waals surface area contributed by atoms with Gasteiger partial charge in [0.15, 0.2) is 0 Å². The first-order valence-corrected chi connectivity index (χ1v) is 5.96. The SMILES string of the molecule is C(#Cc1ccccc1-n1ccnn1)c1ccccc1. The summed E-state index contributed by atoms with van der Waals surface area (Å²) in [6, 6.07) is 17.8. The maximum Gasteiger partial charge on any atom is 0.0820 e. The summed E-state index contributed by atoms with van der Waals surface area (Å²) in [6.45, 7) is 0. The van der Waals surface area contributed by atoms with Gasteiger partial charge < -0.3 is 0 Å². The van der Waals surface area contributed by atoms with Crippen molar-refractivity contribution in [2.24, 2.45) is 0 Å². The molecule has 0 radical (unpaired) electrons. The highest BCUT2D eigenvalue weighted by molar-refractivity contribution is 5.52. The van der Waals surface area contributed by atoms with Crippen LogP contribution in [0.25, 0.3) is 5.69 Å². The molecule has 3 heteroatoms. The van der Waals surface area contributed by atoms with Crippen molar-refractivity contribution in [1.82, 2.24) is 15.0 Å². The summed E-state index contributed by atoms with van der Waals surface area (Å²) in [4.78, 5) is 0. The molecular formula is C16H11N3. The maximum atomic E-state index is 4.00. The Morgan fingerprint density at radius 3 is 2.42 bits per heavy atom. The lowest BCUT2D eigenvalue weighted by molar-refractivity contribution is 0.801. The molecule has 3 rings (SSSR count). The zero-order valence-electron chi connectivity index (χ0n) is 10.2. The van der Waals surface area contributed by atoms with E-state index < -0.39 is 0 Å². The largest absolute Gasteiger partial charge is 0.220 e. The van der Waals surface area contributed by atoms with Gasteiger partial charge in [-0.25, -0.2) is 4.68 Å². The van der Waals surface area contributed by atoms with Gasteiger partial charge in [-0.3, -0.25) is 0 Å². The fraction of sp³-hybridized carbons (Fsp3) is 0. The zero-order chi connectivity index (χ0) is 12.9. The van der Waals surface area contributed by atoms with Crippen molar-refractivity contribution < 1.29 is 0 Å². The van der Waals surface area contributed by atoms with Crippen LogP contribution in [0.5, 0.6) is 0 Å². The van der Waals surface area contributed by atoms with Crippen molar-refractivity contribution in [2.75, 3.05) is 0 Å². The standard InChI is InChI=1S/C16H11N3/c1-2-6-14(7-3-1)10-11-15-8-4-5-9-16(15)19-13-12-17-18-19/h1-9,12-13H. The molecule has 0 unspecified atom stereocenters. The fourth-order valence-corrected chi connectivity index (χ4v) is 1.78. The monoisotopic (exact) mass is 245 g/mol. The molecule has 0 fully saturated rings. The fourth-order valence-electron chi connectivity index (χ4n) is 1.78. The predicted octanol–water partition coefficient (Wildman–Crippen LogP) is 2.67. The summed E-state index contributed by atoms with van der Waals surface area (Å²) in [6.07, 6.45) is 3.46. The topological polar surface area (TPSA) is 30.7 Å². The van der Waals surface area contributed by atoms with E-state index in [4.69, 9.17) is 0 Å². The van der Waals surface area contributed by atoms with Gasteiger partial charge in [0.2, 0.25) is 0 Å². The van der Waals surface area contributed by atoms with Crippen molar-refractivity contribution in [2.45, 2.75) is 0 Å². The lowest BCUT2D eigenvalue weighted by Gasteiger charge is -2.02. The third-order valence-corrected chi connectivity index (χ3v) is 2.69. The van der Waals surface area contributed by atoms with E-state index in [1.54, 1.807) is 10.9 Å². The Morgan fingerprint density at radius 1 is 0.842 bits per heavy atom. The van der Waals surface area contributed by atoms with Gasteiger partial charge in [-0.05, 0) is 24.3 Å². The van der Waals surface area contributed by atoms with Crippen LogP contribution in [0, 0.1) is 11.8 Å². The Kier molecular flexibility index (Phi) is 3.07. The van der Waals surface area contributed by atoms with E-state index in [0.717, 1.165) is 16.8 Å². The molecule has 0 amide bonds. The molecular weight excluding hydrogens is 234 g/mol. The van der Waals surface area contributed by atoms with Crippen LogP contribution < -0.4 is 0 Å². The van der Waals surface area contributed by atoms with E-state index in [-0.39, 0.29) is 0 Å². The number of hydrogen-bond donors (Lipinski definition) is 0. The molecule has 0 spiro atoms. The van der Waals surface area contributed by atoms with Gasteiger partial charge in [0.25, 0.3) is 0 Å². The second-order valence-corrected chi connectivity index (χ2v) is 3.98. The molecule has 3 aromatic rings. The summed E-state index contributed by atoms with van der Waals surface area (Å²) >= 11 is 0. The molecule has 0 aliphatic rings. The molecule has 0 saturated carbocycles. The Balaban J connectivity index is 2.01. The van der Waals surface area contributed by atoms with Crippen molar-refractivity contribution in [1.29, 1.82) is 0 Å². The average Bonchev–Trinajstić information content (AvgIpc) is 3.01. The minimum absolute atomic E-state index is 0.928. The van der Waals surface area contributed by atoms with Crippen LogP contribution in [-0.2, 0) is 0 Å².